The zero-order chi connectivity index (χ0) is 10.1. The fourth-order valence-electron chi connectivity index (χ4n) is 1.42. The van der Waals surface area contributed by atoms with E-state index >= 15 is 0 Å². The summed E-state index contributed by atoms with van der Waals surface area (Å²) < 4.78 is 0. The fraction of sp³-hybridized carbons (Fsp3) is 0.571. The topological polar surface area (TPSA) is 117 Å². The van der Waals surface area contributed by atoms with Gasteiger partial charge in [0.1, 0.15) is 0 Å². The average molecular weight is 197 g/mol. The highest BCUT2D eigenvalue weighted by molar-refractivity contribution is 5.31. The van der Waals surface area contributed by atoms with E-state index < -0.39 is 11.2 Å². The first-order chi connectivity index (χ1) is 6.65. The summed E-state index contributed by atoms with van der Waals surface area (Å²) >= 11 is 0. The predicted molar refractivity (Wildman–Crippen MR) is 50.1 cm³/mol. The van der Waals surface area contributed by atoms with E-state index in [2.05, 4.69) is 20.5 Å². The van der Waals surface area contributed by atoms with Crippen LogP contribution in [0.5, 0.6) is 0 Å². The van der Waals surface area contributed by atoms with Crippen molar-refractivity contribution in [3.63, 3.8) is 0 Å². The molecule has 2 rings (SSSR count). The van der Waals surface area contributed by atoms with Gasteiger partial charge in [0.15, 0.2) is 0 Å². The quantitative estimate of drug-likeness (QED) is 0.453. The molecule has 1 heterocycles. The molecule has 0 amide bonds. The maximum atomic E-state index is 11.2. The highest BCUT2D eigenvalue weighted by Gasteiger charge is 2.26. The van der Waals surface area contributed by atoms with Crippen LogP contribution in [0.3, 0.4) is 0 Å². The van der Waals surface area contributed by atoms with Crippen molar-refractivity contribution < 1.29 is 0 Å². The molecule has 1 saturated carbocycles. The lowest BCUT2D eigenvalue weighted by molar-refractivity contribution is 0.372. The molecule has 0 radical (unpaired) electrons. The van der Waals surface area contributed by atoms with E-state index in [-0.39, 0.29) is 17.9 Å². The molecule has 1 fully saturated rings. The third-order valence-corrected chi connectivity index (χ3v) is 2.23. The third kappa shape index (κ3) is 1.67. The molecule has 0 saturated heterocycles. The van der Waals surface area contributed by atoms with Gasteiger partial charge < -0.3 is 11.1 Å². The lowest BCUT2D eigenvalue weighted by atomic mass is 9.88. The van der Waals surface area contributed by atoms with Gasteiger partial charge in [0.05, 0.1) is 0 Å². The molecule has 1 aromatic rings. The molecule has 0 atom stereocenters. The monoisotopic (exact) mass is 197 g/mol. The Labute approximate surface area is 78.7 Å². The number of rotatable bonds is 2. The van der Waals surface area contributed by atoms with E-state index in [9.17, 15) is 9.59 Å². The first-order valence-electron chi connectivity index (χ1n) is 4.36. The van der Waals surface area contributed by atoms with Crippen LogP contribution in [0.25, 0.3) is 0 Å². The van der Waals surface area contributed by atoms with Gasteiger partial charge in [-0.15, -0.1) is 5.10 Å². The van der Waals surface area contributed by atoms with E-state index in [0.717, 1.165) is 12.8 Å². The molecule has 0 aliphatic heterocycles. The maximum absolute atomic E-state index is 11.2. The summed E-state index contributed by atoms with van der Waals surface area (Å²) in [5, 5.41) is 8.64. The maximum Gasteiger partial charge on any atom is 0.342 e. The molecule has 7 nitrogen and oxygen atoms in total. The second-order valence-electron chi connectivity index (χ2n) is 3.43. The smallest absolute Gasteiger partial charge is 0.342 e. The van der Waals surface area contributed by atoms with Gasteiger partial charge in [-0.1, -0.05) is 0 Å². The molecular weight excluding hydrogens is 186 g/mol. The highest BCUT2D eigenvalue weighted by Crippen LogP contribution is 2.19. The van der Waals surface area contributed by atoms with Crippen molar-refractivity contribution in [2.45, 2.75) is 24.9 Å². The molecule has 1 aliphatic rings. The largest absolute Gasteiger partial charge is 0.361 e. The van der Waals surface area contributed by atoms with Gasteiger partial charge in [-0.2, -0.15) is 0 Å². The van der Waals surface area contributed by atoms with E-state index in [4.69, 9.17) is 5.73 Å². The number of aromatic amines is 2. The number of aromatic nitrogens is 3. The minimum atomic E-state index is -0.606. The molecule has 1 aliphatic carbocycles. The van der Waals surface area contributed by atoms with Crippen molar-refractivity contribution in [1.82, 2.24) is 15.2 Å². The summed E-state index contributed by atoms with van der Waals surface area (Å²) in [6.45, 7) is 0. The van der Waals surface area contributed by atoms with Crippen LogP contribution in [-0.2, 0) is 0 Å². The van der Waals surface area contributed by atoms with Gasteiger partial charge in [-0.25, -0.2) is 9.89 Å². The molecule has 0 bridgehead atoms. The second kappa shape index (κ2) is 3.26. The summed E-state index contributed by atoms with van der Waals surface area (Å²) in [5.41, 5.74) is 4.47. The van der Waals surface area contributed by atoms with E-state index in [1.54, 1.807) is 0 Å². The van der Waals surface area contributed by atoms with Crippen LogP contribution >= 0.6 is 0 Å². The standard InChI is InChI=1S/C7H11N5O2/c8-3-1-4(2-3)9-5-6(13)10-7(14)12-11-5/h3-4H,1-2,8H2,(H,9,11)(H2,10,12,13,14). The van der Waals surface area contributed by atoms with E-state index in [1.165, 1.54) is 0 Å². The number of anilines is 1. The van der Waals surface area contributed by atoms with Gasteiger partial charge in [-0.3, -0.25) is 9.78 Å². The number of hydrogen-bond acceptors (Lipinski definition) is 5. The Hall–Kier alpha value is -1.63. The van der Waals surface area contributed by atoms with Gasteiger partial charge in [0, 0.05) is 12.1 Å². The number of H-pyrrole nitrogens is 2. The summed E-state index contributed by atoms with van der Waals surface area (Å²) in [4.78, 5) is 23.9. The van der Waals surface area contributed by atoms with Gasteiger partial charge in [-0.05, 0) is 12.8 Å². The Bertz CT molecular complexity index is 430. The van der Waals surface area contributed by atoms with Crippen molar-refractivity contribution in [1.29, 1.82) is 0 Å². The predicted octanol–water partition coefficient (Wildman–Crippen LogP) is -1.64. The van der Waals surface area contributed by atoms with Crippen LogP contribution in [0.2, 0.25) is 0 Å². The fourth-order valence-corrected chi connectivity index (χ4v) is 1.42. The van der Waals surface area contributed by atoms with E-state index in [0.29, 0.717) is 0 Å². The molecule has 1 aromatic heterocycles. The summed E-state index contributed by atoms with van der Waals surface area (Å²) in [5.74, 6) is 0.140. The number of nitrogens with one attached hydrogen (secondary N) is 3. The molecule has 0 spiro atoms. The normalized spacial score (nSPS) is 25.5. The van der Waals surface area contributed by atoms with Crippen molar-refractivity contribution in [2.75, 3.05) is 5.32 Å². The molecule has 14 heavy (non-hydrogen) atoms. The number of hydrogen-bond donors (Lipinski definition) is 4. The minimum absolute atomic E-state index is 0.140. The van der Waals surface area contributed by atoms with Crippen molar-refractivity contribution in [3.8, 4) is 0 Å². The van der Waals surface area contributed by atoms with Crippen molar-refractivity contribution >= 4 is 5.82 Å². The first-order valence-corrected chi connectivity index (χ1v) is 4.36. The zero-order valence-electron chi connectivity index (χ0n) is 7.41. The Kier molecular flexibility index (Phi) is 2.08. The van der Waals surface area contributed by atoms with Crippen LogP contribution in [0.1, 0.15) is 12.8 Å². The second-order valence-corrected chi connectivity index (χ2v) is 3.43. The van der Waals surface area contributed by atoms with Crippen LogP contribution in [0.15, 0.2) is 9.59 Å². The molecule has 0 unspecified atom stereocenters. The Balaban J connectivity index is 2.10. The SMILES string of the molecule is NC1CC(Nc2n[nH]c(=O)[nH]c2=O)C1. The van der Waals surface area contributed by atoms with Gasteiger partial charge >= 0.3 is 5.69 Å². The van der Waals surface area contributed by atoms with Crippen LogP contribution in [-0.4, -0.2) is 27.3 Å². The molecular formula is C7H11N5O2. The number of nitrogens with zero attached hydrogens (tertiary/aromatic N) is 1. The Morgan fingerprint density at radius 1 is 1.43 bits per heavy atom. The Morgan fingerprint density at radius 3 is 2.71 bits per heavy atom. The van der Waals surface area contributed by atoms with Crippen molar-refractivity contribution in [3.05, 3.63) is 20.8 Å². The van der Waals surface area contributed by atoms with Crippen LogP contribution in [0, 0.1) is 0 Å². The van der Waals surface area contributed by atoms with Crippen LogP contribution < -0.4 is 22.3 Å². The molecule has 0 aromatic carbocycles. The zero-order valence-corrected chi connectivity index (χ0v) is 7.41. The lowest BCUT2D eigenvalue weighted by Gasteiger charge is -2.32. The summed E-state index contributed by atoms with van der Waals surface area (Å²) in [7, 11) is 0. The average Bonchev–Trinajstić information content (AvgIpc) is 2.06. The van der Waals surface area contributed by atoms with Crippen molar-refractivity contribution in [2.24, 2.45) is 5.73 Å². The minimum Gasteiger partial charge on any atom is -0.361 e. The van der Waals surface area contributed by atoms with E-state index in [1.807, 2.05) is 0 Å². The third-order valence-electron chi connectivity index (χ3n) is 2.23. The molecule has 5 N–H and O–H groups in total. The molecule has 7 heteroatoms. The lowest BCUT2D eigenvalue weighted by Crippen LogP contribution is -2.45. The Morgan fingerprint density at radius 2 is 2.14 bits per heavy atom. The summed E-state index contributed by atoms with van der Waals surface area (Å²) in [6, 6.07) is 0.388. The number of nitrogens with two attached hydrogens (primary N) is 1. The van der Waals surface area contributed by atoms with Crippen LogP contribution in [0.4, 0.5) is 5.82 Å². The summed E-state index contributed by atoms with van der Waals surface area (Å²) in [6.07, 6.45) is 1.64. The van der Waals surface area contributed by atoms with Gasteiger partial charge in [0.25, 0.3) is 5.56 Å². The first kappa shape index (κ1) is 8.95. The molecule has 76 valence electrons. The van der Waals surface area contributed by atoms with Gasteiger partial charge in [0.2, 0.25) is 5.82 Å². The highest BCUT2D eigenvalue weighted by atomic mass is 16.2.